The van der Waals surface area contributed by atoms with Crippen molar-refractivity contribution in [3.8, 4) is 5.75 Å². The third-order valence-electron chi connectivity index (χ3n) is 4.75. The number of amides is 2. The lowest BCUT2D eigenvalue weighted by Crippen LogP contribution is -2.46. The Bertz CT molecular complexity index is 833. The van der Waals surface area contributed by atoms with E-state index in [4.69, 9.17) is 16.3 Å². The van der Waals surface area contributed by atoms with Crippen molar-refractivity contribution in [1.82, 2.24) is 5.32 Å². The topological polar surface area (TPSA) is 58.6 Å². The minimum atomic E-state index is -0.215. The first kappa shape index (κ1) is 16.9. The number of halogens is 1. The predicted octanol–water partition coefficient (Wildman–Crippen LogP) is 3.33. The third-order valence-corrected chi connectivity index (χ3v) is 5.00. The number of hydrogen-bond donors (Lipinski definition) is 1. The molecule has 1 atom stereocenters. The number of anilines is 1. The molecule has 1 fully saturated rings. The fourth-order valence-electron chi connectivity index (χ4n) is 3.26. The van der Waals surface area contributed by atoms with Gasteiger partial charge in [-0.25, -0.2) is 0 Å². The SMILES string of the molecule is O=C(CN1C(=O)COc2ccccc21)N[C@H](c1ccc(Cl)cc1)C1CC1. The van der Waals surface area contributed by atoms with Crippen LogP contribution in [0, 0.1) is 5.92 Å². The summed E-state index contributed by atoms with van der Waals surface area (Å²) in [6.45, 7) is -0.0659. The molecule has 0 aromatic heterocycles. The minimum Gasteiger partial charge on any atom is -0.482 e. The van der Waals surface area contributed by atoms with E-state index in [1.807, 2.05) is 36.4 Å². The van der Waals surface area contributed by atoms with Gasteiger partial charge in [0.05, 0.1) is 11.7 Å². The van der Waals surface area contributed by atoms with Crippen LogP contribution in [0.3, 0.4) is 0 Å². The second-order valence-electron chi connectivity index (χ2n) is 6.67. The smallest absolute Gasteiger partial charge is 0.265 e. The van der Waals surface area contributed by atoms with Crippen LogP contribution in [0.2, 0.25) is 5.02 Å². The van der Waals surface area contributed by atoms with Crippen LogP contribution in [0.1, 0.15) is 24.4 Å². The summed E-state index contributed by atoms with van der Waals surface area (Å²) in [6.07, 6.45) is 2.18. The zero-order chi connectivity index (χ0) is 18.1. The van der Waals surface area contributed by atoms with Gasteiger partial charge in [-0.3, -0.25) is 14.5 Å². The Labute approximate surface area is 156 Å². The lowest BCUT2D eigenvalue weighted by atomic mass is 10.0. The Balaban J connectivity index is 1.49. The molecule has 2 aliphatic rings. The summed E-state index contributed by atoms with van der Waals surface area (Å²) in [6, 6.07) is 14.8. The maximum Gasteiger partial charge on any atom is 0.265 e. The van der Waals surface area contributed by atoms with E-state index in [2.05, 4.69) is 5.32 Å². The second-order valence-corrected chi connectivity index (χ2v) is 7.11. The van der Waals surface area contributed by atoms with Gasteiger partial charge in [0.25, 0.3) is 5.91 Å². The molecule has 1 aliphatic carbocycles. The van der Waals surface area contributed by atoms with E-state index in [-0.39, 0.29) is 31.0 Å². The Morgan fingerprint density at radius 2 is 1.92 bits per heavy atom. The van der Waals surface area contributed by atoms with Gasteiger partial charge < -0.3 is 10.1 Å². The average Bonchev–Trinajstić information content (AvgIpc) is 3.48. The number of nitrogens with one attached hydrogen (secondary N) is 1. The van der Waals surface area contributed by atoms with Crippen molar-refractivity contribution in [2.75, 3.05) is 18.1 Å². The molecule has 0 unspecified atom stereocenters. The molecule has 0 bridgehead atoms. The highest BCUT2D eigenvalue weighted by Gasteiger charge is 2.34. The van der Waals surface area contributed by atoms with Gasteiger partial charge in [0, 0.05) is 5.02 Å². The number of rotatable bonds is 5. The van der Waals surface area contributed by atoms with E-state index < -0.39 is 0 Å². The number of benzene rings is 2. The van der Waals surface area contributed by atoms with E-state index in [0.717, 1.165) is 18.4 Å². The molecule has 1 aliphatic heterocycles. The Morgan fingerprint density at radius 1 is 1.19 bits per heavy atom. The molecular formula is C20H19ClN2O3. The first-order valence-corrected chi connectivity index (χ1v) is 9.06. The van der Waals surface area contributed by atoms with Gasteiger partial charge in [0.1, 0.15) is 12.3 Å². The molecule has 1 saturated carbocycles. The van der Waals surface area contributed by atoms with Gasteiger partial charge in [-0.05, 0) is 48.6 Å². The molecule has 1 heterocycles. The zero-order valence-corrected chi connectivity index (χ0v) is 14.9. The maximum atomic E-state index is 12.7. The van der Waals surface area contributed by atoms with Crippen molar-refractivity contribution in [1.29, 1.82) is 0 Å². The van der Waals surface area contributed by atoms with Gasteiger partial charge in [-0.2, -0.15) is 0 Å². The Hall–Kier alpha value is -2.53. The molecule has 4 rings (SSSR count). The van der Waals surface area contributed by atoms with Crippen LogP contribution in [0.4, 0.5) is 5.69 Å². The van der Waals surface area contributed by atoms with Crippen LogP contribution in [-0.4, -0.2) is 25.0 Å². The fourth-order valence-corrected chi connectivity index (χ4v) is 3.39. The zero-order valence-electron chi connectivity index (χ0n) is 14.2. The van der Waals surface area contributed by atoms with Crippen molar-refractivity contribution in [2.45, 2.75) is 18.9 Å². The van der Waals surface area contributed by atoms with Crippen molar-refractivity contribution >= 4 is 29.1 Å². The van der Waals surface area contributed by atoms with Gasteiger partial charge in [-0.15, -0.1) is 0 Å². The highest BCUT2D eigenvalue weighted by Crippen LogP contribution is 2.41. The Morgan fingerprint density at radius 3 is 2.65 bits per heavy atom. The van der Waals surface area contributed by atoms with Crippen LogP contribution in [-0.2, 0) is 9.59 Å². The highest BCUT2D eigenvalue weighted by atomic mass is 35.5. The number of fused-ring (bicyclic) bond motifs is 1. The summed E-state index contributed by atoms with van der Waals surface area (Å²) in [5.74, 6) is 0.666. The van der Waals surface area contributed by atoms with E-state index in [1.54, 1.807) is 12.1 Å². The molecule has 1 N–H and O–H groups in total. The molecule has 26 heavy (non-hydrogen) atoms. The summed E-state index contributed by atoms with van der Waals surface area (Å²) < 4.78 is 5.42. The van der Waals surface area contributed by atoms with Crippen LogP contribution in [0.5, 0.6) is 5.75 Å². The van der Waals surface area contributed by atoms with Crippen molar-refractivity contribution in [2.24, 2.45) is 5.92 Å². The molecule has 0 saturated heterocycles. The number of para-hydroxylation sites is 2. The summed E-state index contributed by atoms with van der Waals surface area (Å²) in [4.78, 5) is 26.4. The van der Waals surface area contributed by atoms with Gasteiger partial charge in [0.15, 0.2) is 6.61 Å². The molecule has 2 amide bonds. The van der Waals surface area contributed by atoms with Gasteiger partial charge in [-0.1, -0.05) is 35.9 Å². The van der Waals surface area contributed by atoms with Crippen molar-refractivity contribution < 1.29 is 14.3 Å². The summed E-state index contributed by atoms with van der Waals surface area (Å²) in [5, 5.41) is 3.77. The van der Waals surface area contributed by atoms with Gasteiger partial charge >= 0.3 is 0 Å². The normalized spacial score (nSPS) is 17.3. The van der Waals surface area contributed by atoms with Gasteiger partial charge in [0.2, 0.25) is 5.91 Å². The molecule has 5 nitrogen and oxygen atoms in total. The molecule has 6 heteroatoms. The molecule has 0 spiro atoms. The lowest BCUT2D eigenvalue weighted by molar-refractivity contribution is -0.125. The number of carbonyl (C=O) groups is 2. The summed E-state index contributed by atoms with van der Waals surface area (Å²) >= 11 is 5.97. The minimum absolute atomic E-state index is 0.0178. The summed E-state index contributed by atoms with van der Waals surface area (Å²) in [7, 11) is 0. The molecule has 0 radical (unpaired) electrons. The van der Waals surface area contributed by atoms with E-state index >= 15 is 0 Å². The first-order chi connectivity index (χ1) is 12.6. The first-order valence-electron chi connectivity index (χ1n) is 8.69. The largest absolute Gasteiger partial charge is 0.482 e. The molecular weight excluding hydrogens is 352 g/mol. The van der Waals surface area contributed by atoms with Crippen LogP contribution in [0.25, 0.3) is 0 Å². The molecule has 2 aromatic rings. The lowest BCUT2D eigenvalue weighted by Gasteiger charge is -2.29. The van der Waals surface area contributed by atoms with E-state index in [9.17, 15) is 9.59 Å². The third kappa shape index (κ3) is 3.53. The van der Waals surface area contributed by atoms with Crippen LogP contribution < -0.4 is 15.0 Å². The fraction of sp³-hybridized carbons (Fsp3) is 0.300. The molecule has 134 valence electrons. The molecule has 2 aromatic carbocycles. The number of carbonyl (C=O) groups excluding carboxylic acids is 2. The van der Waals surface area contributed by atoms with E-state index in [1.165, 1.54) is 4.90 Å². The average molecular weight is 371 g/mol. The van der Waals surface area contributed by atoms with Crippen LogP contribution >= 0.6 is 11.6 Å². The second kappa shape index (κ2) is 7.00. The van der Waals surface area contributed by atoms with Crippen molar-refractivity contribution in [3.63, 3.8) is 0 Å². The van der Waals surface area contributed by atoms with Crippen molar-refractivity contribution in [3.05, 3.63) is 59.1 Å². The predicted molar refractivity (Wildman–Crippen MR) is 99.3 cm³/mol. The summed E-state index contributed by atoms with van der Waals surface area (Å²) in [5.41, 5.74) is 1.67. The number of nitrogens with zero attached hydrogens (tertiary/aromatic N) is 1. The number of ether oxygens (including phenoxy) is 1. The van der Waals surface area contributed by atoms with E-state index in [0.29, 0.717) is 22.4 Å². The van der Waals surface area contributed by atoms with Crippen LogP contribution in [0.15, 0.2) is 48.5 Å². The quantitative estimate of drug-likeness (QED) is 0.878. The Kier molecular flexibility index (Phi) is 4.55. The standard InChI is InChI=1S/C20H19ClN2O3/c21-15-9-7-14(8-10-15)20(13-5-6-13)22-18(24)11-23-16-3-1-2-4-17(16)26-12-19(23)25/h1-4,7-10,13,20H,5-6,11-12H2,(H,22,24)/t20-/m0/s1. The monoisotopic (exact) mass is 370 g/mol. The number of hydrogen-bond acceptors (Lipinski definition) is 3. The maximum absolute atomic E-state index is 12.7. The highest BCUT2D eigenvalue weighted by molar-refractivity contribution is 6.30.